The average molecular weight is 269 g/mol. The first kappa shape index (κ1) is 13.4. The van der Waals surface area contributed by atoms with E-state index in [1.807, 2.05) is 12.1 Å². The molecule has 20 heavy (non-hydrogen) atoms. The van der Waals surface area contributed by atoms with E-state index in [4.69, 9.17) is 0 Å². The molecule has 2 nitrogen and oxygen atoms in total. The monoisotopic (exact) mass is 269 g/mol. The van der Waals surface area contributed by atoms with Gasteiger partial charge in [0.25, 0.3) is 0 Å². The first-order chi connectivity index (χ1) is 9.78. The molecule has 1 heterocycles. The molecule has 1 aliphatic heterocycles. The highest BCUT2D eigenvalue weighted by Crippen LogP contribution is 2.30. The molecule has 0 atom stereocenters. The molecule has 0 saturated carbocycles. The zero-order valence-electron chi connectivity index (χ0n) is 12.2. The van der Waals surface area contributed by atoms with Gasteiger partial charge < -0.3 is 5.11 Å². The van der Waals surface area contributed by atoms with Crippen LogP contribution in [0.25, 0.3) is 10.8 Å². The van der Waals surface area contributed by atoms with Gasteiger partial charge >= 0.3 is 0 Å². The molecule has 0 spiro atoms. The van der Waals surface area contributed by atoms with E-state index in [2.05, 4.69) is 36.1 Å². The number of fused-ring (bicyclic) bond motifs is 1. The Kier molecular flexibility index (Phi) is 3.93. The maximum absolute atomic E-state index is 10.2. The molecule has 3 rings (SSSR count). The predicted octanol–water partition coefficient (Wildman–Crippen LogP) is 4.17. The number of phenolic OH excluding ortho intramolecular Hbond substituents is 1. The minimum absolute atomic E-state index is 0.432. The third kappa shape index (κ3) is 2.66. The molecule has 0 bridgehead atoms. The Labute approximate surface area is 121 Å². The first-order valence-corrected chi connectivity index (χ1v) is 7.70. The molecular weight excluding hydrogens is 246 g/mol. The second-order valence-corrected chi connectivity index (χ2v) is 5.91. The van der Waals surface area contributed by atoms with E-state index in [0.29, 0.717) is 5.75 Å². The Morgan fingerprint density at radius 2 is 1.85 bits per heavy atom. The molecule has 0 amide bonds. The van der Waals surface area contributed by atoms with E-state index in [1.165, 1.54) is 30.0 Å². The Balaban J connectivity index is 1.82. The summed E-state index contributed by atoms with van der Waals surface area (Å²) in [5.74, 6) is 1.33. The van der Waals surface area contributed by atoms with Crippen molar-refractivity contribution in [3.05, 3.63) is 42.0 Å². The summed E-state index contributed by atoms with van der Waals surface area (Å²) in [6.45, 7) is 5.46. The van der Waals surface area contributed by atoms with Crippen LogP contribution in [0.1, 0.15) is 31.7 Å². The van der Waals surface area contributed by atoms with Crippen LogP contribution in [0.2, 0.25) is 0 Å². The van der Waals surface area contributed by atoms with Gasteiger partial charge in [0.2, 0.25) is 0 Å². The summed E-state index contributed by atoms with van der Waals surface area (Å²) in [6, 6.07) is 12.2. The number of hydrogen-bond donors (Lipinski definition) is 1. The Morgan fingerprint density at radius 1 is 1.10 bits per heavy atom. The maximum Gasteiger partial charge on any atom is 0.120 e. The van der Waals surface area contributed by atoms with Crippen LogP contribution >= 0.6 is 0 Å². The molecule has 0 aromatic heterocycles. The van der Waals surface area contributed by atoms with Gasteiger partial charge in [0.1, 0.15) is 5.75 Å². The molecule has 0 unspecified atom stereocenters. The van der Waals surface area contributed by atoms with Gasteiger partial charge in [0.05, 0.1) is 0 Å². The van der Waals surface area contributed by atoms with Crippen LogP contribution in [0, 0.1) is 5.92 Å². The number of benzene rings is 2. The molecule has 1 saturated heterocycles. The van der Waals surface area contributed by atoms with E-state index in [1.54, 1.807) is 0 Å². The molecule has 1 fully saturated rings. The molecule has 1 aliphatic rings. The van der Waals surface area contributed by atoms with Crippen molar-refractivity contribution in [1.82, 2.24) is 4.90 Å². The zero-order chi connectivity index (χ0) is 13.9. The normalized spacial score (nSPS) is 17.6. The van der Waals surface area contributed by atoms with E-state index in [9.17, 15) is 5.11 Å². The van der Waals surface area contributed by atoms with Gasteiger partial charge in [-0.3, -0.25) is 4.90 Å². The summed E-state index contributed by atoms with van der Waals surface area (Å²) in [5, 5.41) is 12.6. The third-order valence-electron chi connectivity index (χ3n) is 4.68. The number of piperidine rings is 1. The highest BCUT2D eigenvalue weighted by molar-refractivity contribution is 5.87. The van der Waals surface area contributed by atoms with Crippen molar-refractivity contribution in [1.29, 1.82) is 0 Å². The highest BCUT2D eigenvalue weighted by atomic mass is 16.3. The fourth-order valence-electron chi connectivity index (χ4n) is 3.27. The molecule has 0 radical (unpaired) electrons. The minimum Gasteiger partial charge on any atom is -0.508 e. The summed E-state index contributed by atoms with van der Waals surface area (Å²) < 4.78 is 0. The summed E-state index contributed by atoms with van der Waals surface area (Å²) in [7, 11) is 0. The number of rotatable bonds is 3. The maximum atomic E-state index is 10.2. The van der Waals surface area contributed by atoms with E-state index in [-0.39, 0.29) is 0 Å². The van der Waals surface area contributed by atoms with Crippen molar-refractivity contribution in [3.63, 3.8) is 0 Å². The second kappa shape index (κ2) is 5.84. The fraction of sp³-hybridized carbons (Fsp3) is 0.444. The van der Waals surface area contributed by atoms with Crippen molar-refractivity contribution >= 4 is 10.8 Å². The molecule has 2 aromatic carbocycles. The summed E-state index contributed by atoms with van der Waals surface area (Å²) in [5.41, 5.74) is 1.08. The molecule has 2 heteroatoms. The molecular formula is C18H23NO. The zero-order valence-corrected chi connectivity index (χ0v) is 12.2. The topological polar surface area (TPSA) is 23.5 Å². The lowest BCUT2D eigenvalue weighted by atomic mass is 9.94. The van der Waals surface area contributed by atoms with Crippen LogP contribution in [0.3, 0.4) is 0 Å². The largest absolute Gasteiger partial charge is 0.508 e. The first-order valence-electron chi connectivity index (χ1n) is 7.70. The van der Waals surface area contributed by atoms with Crippen molar-refractivity contribution < 1.29 is 5.11 Å². The molecule has 2 aromatic rings. The van der Waals surface area contributed by atoms with E-state index >= 15 is 0 Å². The van der Waals surface area contributed by atoms with Crippen LogP contribution in [-0.2, 0) is 6.54 Å². The average Bonchev–Trinajstić information content (AvgIpc) is 2.51. The van der Waals surface area contributed by atoms with Gasteiger partial charge in [-0.2, -0.15) is 0 Å². The number of likely N-dealkylation sites (tertiary alicyclic amines) is 1. The molecule has 106 valence electrons. The van der Waals surface area contributed by atoms with Gasteiger partial charge in [-0.15, -0.1) is 0 Å². The van der Waals surface area contributed by atoms with Gasteiger partial charge in [0.15, 0.2) is 0 Å². The lowest BCUT2D eigenvalue weighted by Gasteiger charge is -2.31. The number of aromatic hydroxyl groups is 1. The van der Waals surface area contributed by atoms with Crippen LogP contribution in [0.15, 0.2) is 36.4 Å². The summed E-state index contributed by atoms with van der Waals surface area (Å²) >= 11 is 0. The minimum atomic E-state index is 0.432. The van der Waals surface area contributed by atoms with E-state index in [0.717, 1.165) is 31.1 Å². The van der Waals surface area contributed by atoms with Gasteiger partial charge in [-0.25, -0.2) is 0 Å². The lowest BCUT2D eigenvalue weighted by molar-refractivity contribution is 0.174. The summed E-state index contributed by atoms with van der Waals surface area (Å²) in [6.07, 6.45) is 3.89. The number of hydrogen-bond acceptors (Lipinski definition) is 2. The highest BCUT2D eigenvalue weighted by Gasteiger charge is 2.19. The fourth-order valence-corrected chi connectivity index (χ4v) is 3.27. The smallest absolute Gasteiger partial charge is 0.120 e. The van der Waals surface area contributed by atoms with Crippen LogP contribution in [0.4, 0.5) is 0 Å². The van der Waals surface area contributed by atoms with Crippen LogP contribution in [0.5, 0.6) is 5.75 Å². The standard InChI is InChI=1S/C18H23NO/c1-2-14-9-11-19(12-10-14)13-17-16-6-4-3-5-15(16)7-8-18(17)20/h3-8,14,20H,2,9-13H2,1H3. The van der Waals surface area contributed by atoms with Crippen molar-refractivity contribution in [2.75, 3.05) is 13.1 Å². The SMILES string of the molecule is CCC1CCN(Cc2c(O)ccc3ccccc23)CC1. The lowest BCUT2D eigenvalue weighted by Crippen LogP contribution is -2.33. The second-order valence-electron chi connectivity index (χ2n) is 5.91. The van der Waals surface area contributed by atoms with E-state index < -0.39 is 0 Å². The molecule has 0 aliphatic carbocycles. The quantitative estimate of drug-likeness (QED) is 0.904. The predicted molar refractivity (Wildman–Crippen MR) is 83.9 cm³/mol. The van der Waals surface area contributed by atoms with Crippen molar-refractivity contribution in [2.24, 2.45) is 5.92 Å². The number of nitrogens with zero attached hydrogens (tertiary/aromatic N) is 1. The van der Waals surface area contributed by atoms with Gasteiger partial charge in [0, 0.05) is 12.1 Å². The van der Waals surface area contributed by atoms with Crippen molar-refractivity contribution in [3.8, 4) is 5.75 Å². The van der Waals surface area contributed by atoms with Crippen LogP contribution in [-0.4, -0.2) is 23.1 Å². The third-order valence-corrected chi connectivity index (χ3v) is 4.68. The molecule has 1 N–H and O–H groups in total. The van der Waals surface area contributed by atoms with Crippen molar-refractivity contribution in [2.45, 2.75) is 32.7 Å². The van der Waals surface area contributed by atoms with Gasteiger partial charge in [-0.1, -0.05) is 43.7 Å². The Hall–Kier alpha value is -1.54. The summed E-state index contributed by atoms with van der Waals surface area (Å²) in [4.78, 5) is 2.48. The Morgan fingerprint density at radius 3 is 2.60 bits per heavy atom. The Bertz CT molecular complexity index is 585. The number of phenols is 1. The van der Waals surface area contributed by atoms with Crippen LogP contribution < -0.4 is 0 Å². The van der Waals surface area contributed by atoms with Gasteiger partial charge in [-0.05, 0) is 48.7 Å².